The maximum atomic E-state index is 13.8. The average Bonchev–Trinajstić information content (AvgIpc) is 2.86. The highest BCUT2D eigenvalue weighted by Crippen LogP contribution is 2.30. The predicted octanol–water partition coefficient (Wildman–Crippen LogP) is 5.46. The first kappa shape index (κ1) is 23.7. The minimum Gasteiger partial charge on any atom is -0.494 e. The lowest BCUT2D eigenvalue weighted by Gasteiger charge is -2.28. The first-order valence-corrected chi connectivity index (χ1v) is 11.4. The van der Waals surface area contributed by atoms with E-state index >= 15 is 0 Å². The Balaban J connectivity index is 1.34. The Morgan fingerprint density at radius 2 is 1.59 bits per heavy atom. The Labute approximate surface area is 198 Å². The highest BCUT2D eigenvalue weighted by Gasteiger charge is 2.17. The molecule has 0 aromatic heterocycles. The third-order valence-electron chi connectivity index (χ3n) is 6.26. The monoisotopic (exact) mass is 465 g/mol. The molecule has 1 saturated heterocycles. The zero-order valence-corrected chi connectivity index (χ0v) is 19.4. The van der Waals surface area contributed by atoms with E-state index in [2.05, 4.69) is 22.6 Å². The van der Waals surface area contributed by atoms with Crippen LogP contribution in [0.2, 0.25) is 0 Å². The molecule has 34 heavy (non-hydrogen) atoms. The standard InChI is InChI=1S/C27H29F2N3O2/c1-32-13-11-18(12-14-32)17-30-27(33)20-5-9-23(10-6-20)31-22-7-3-19(4-8-22)21-15-24(28)26(29)25(16-21)34-2/h3-10,15-16,18,31H,11-14,17H2,1-2H3,(H,30,33). The number of nitrogens with one attached hydrogen (secondary N) is 2. The molecule has 1 aliphatic heterocycles. The van der Waals surface area contributed by atoms with Gasteiger partial charge >= 0.3 is 0 Å². The third-order valence-corrected chi connectivity index (χ3v) is 6.26. The molecule has 5 nitrogen and oxygen atoms in total. The van der Waals surface area contributed by atoms with Crippen molar-refractivity contribution in [1.82, 2.24) is 10.2 Å². The van der Waals surface area contributed by atoms with Crippen LogP contribution in [-0.4, -0.2) is 44.6 Å². The maximum absolute atomic E-state index is 13.8. The molecule has 0 saturated carbocycles. The number of amides is 1. The molecule has 7 heteroatoms. The molecule has 178 valence electrons. The summed E-state index contributed by atoms with van der Waals surface area (Å²) in [6.45, 7) is 2.87. The largest absolute Gasteiger partial charge is 0.494 e. The number of piperidine rings is 1. The number of likely N-dealkylation sites (tertiary alicyclic amines) is 1. The van der Waals surface area contributed by atoms with Crippen LogP contribution < -0.4 is 15.4 Å². The van der Waals surface area contributed by atoms with Gasteiger partial charge in [-0.05, 0) is 98.6 Å². The van der Waals surface area contributed by atoms with Crippen LogP contribution in [0.3, 0.4) is 0 Å². The zero-order chi connectivity index (χ0) is 24.1. The van der Waals surface area contributed by atoms with Gasteiger partial charge in [0, 0.05) is 23.5 Å². The Morgan fingerprint density at radius 1 is 0.971 bits per heavy atom. The molecule has 1 amide bonds. The summed E-state index contributed by atoms with van der Waals surface area (Å²) < 4.78 is 32.4. The summed E-state index contributed by atoms with van der Waals surface area (Å²) in [6.07, 6.45) is 2.23. The van der Waals surface area contributed by atoms with Crippen molar-refractivity contribution in [2.75, 3.05) is 39.1 Å². The zero-order valence-electron chi connectivity index (χ0n) is 19.4. The summed E-state index contributed by atoms with van der Waals surface area (Å²) in [5.41, 5.74) is 3.56. The van der Waals surface area contributed by atoms with E-state index in [0.29, 0.717) is 23.6 Å². The van der Waals surface area contributed by atoms with Crippen molar-refractivity contribution < 1.29 is 18.3 Å². The predicted molar refractivity (Wildman–Crippen MR) is 131 cm³/mol. The number of methoxy groups -OCH3 is 1. The number of nitrogens with zero attached hydrogens (tertiary/aromatic N) is 1. The van der Waals surface area contributed by atoms with Crippen LogP contribution in [0.4, 0.5) is 20.2 Å². The summed E-state index contributed by atoms with van der Waals surface area (Å²) >= 11 is 0. The van der Waals surface area contributed by atoms with Gasteiger partial charge in [0.2, 0.25) is 5.82 Å². The lowest BCUT2D eigenvalue weighted by atomic mass is 9.97. The highest BCUT2D eigenvalue weighted by molar-refractivity contribution is 5.94. The van der Waals surface area contributed by atoms with Crippen molar-refractivity contribution in [1.29, 1.82) is 0 Å². The SMILES string of the molecule is COc1cc(-c2ccc(Nc3ccc(C(=O)NCC4CCN(C)CC4)cc3)cc2)cc(F)c1F. The summed E-state index contributed by atoms with van der Waals surface area (Å²) in [6, 6.07) is 17.3. The number of hydrogen-bond donors (Lipinski definition) is 2. The minimum atomic E-state index is -0.997. The molecule has 1 aliphatic rings. The van der Waals surface area contributed by atoms with Crippen LogP contribution >= 0.6 is 0 Å². The van der Waals surface area contributed by atoms with Crippen LogP contribution in [0.5, 0.6) is 5.75 Å². The molecule has 3 aromatic carbocycles. The van der Waals surface area contributed by atoms with E-state index in [-0.39, 0.29) is 11.7 Å². The van der Waals surface area contributed by atoms with Crippen LogP contribution in [0, 0.1) is 17.6 Å². The second-order valence-electron chi connectivity index (χ2n) is 8.71. The summed E-state index contributed by atoms with van der Waals surface area (Å²) in [7, 11) is 3.43. The number of halogens is 2. The van der Waals surface area contributed by atoms with Crippen molar-refractivity contribution in [2.24, 2.45) is 5.92 Å². The van der Waals surface area contributed by atoms with E-state index in [9.17, 15) is 13.6 Å². The van der Waals surface area contributed by atoms with Crippen molar-refractivity contribution in [3.05, 3.63) is 77.9 Å². The number of hydrogen-bond acceptors (Lipinski definition) is 4. The van der Waals surface area contributed by atoms with Crippen LogP contribution in [-0.2, 0) is 0 Å². The molecule has 2 N–H and O–H groups in total. The van der Waals surface area contributed by atoms with E-state index < -0.39 is 11.6 Å². The smallest absolute Gasteiger partial charge is 0.251 e. The number of benzene rings is 3. The van der Waals surface area contributed by atoms with Gasteiger partial charge in [-0.15, -0.1) is 0 Å². The first-order valence-electron chi connectivity index (χ1n) is 11.4. The lowest BCUT2D eigenvalue weighted by Crippen LogP contribution is -2.36. The minimum absolute atomic E-state index is 0.0585. The van der Waals surface area contributed by atoms with Crippen molar-refractivity contribution in [3.8, 4) is 16.9 Å². The molecular formula is C27H29F2N3O2. The van der Waals surface area contributed by atoms with Gasteiger partial charge in [-0.3, -0.25) is 4.79 Å². The summed E-state index contributed by atoms with van der Waals surface area (Å²) in [5, 5.41) is 6.34. The molecule has 0 aliphatic carbocycles. The topological polar surface area (TPSA) is 53.6 Å². The van der Waals surface area contributed by atoms with Crippen molar-refractivity contribution in [2.45, 2.75) is 12.8 Å². The van der Waals surface area contributed by atoms with E-state index in [4.69, 9.17) is 4.74 Å². The van der Waals surface area contributed by atoms with Gasteiger partial charge in [-0.25, -0.2) is 4.39 Å². The second-order valence-corrected chi connectivity index (χ2v) is 8.71. The van der Waals surface area contributed by atoms with Crippen LogP contribution in [0.1, 0.15) is 23.2 Å². The molecule has 4 rings (SSSR count). The third kappa shape index (κ3) is 5.72. The van der Waals surface area contributed by atoms with Gasteiger partial charge < -0.3 is 20.3 Å². The van der Waals surface area contributed by atoms with Gasteiger partial charge in [0.1, 0.15) is 0 Å². The van der Waals surface area contributed by atoms with Gasteiger partial charge in [0.25, 0.3) is 5.91 Å². The van der Waals surface area contributed by atoms with E-state index in [1.165, 1.54) is 13.2 Å². The second kappa shape index (κ2) is 10.7. The lowest BCUT2D eigenvalue weighted by molar-refractivity contribution is 0.0939. The van der Waals surface area contributed by atoms with Crippen LogP contribution in [0.25, 0.3) is 11.1 Å². The molecule has 0 bridgehead atoms. The summed E-state index contributed by atoms with van der Waals surface area (Å²) in [5.74, 6) is -1.60. The molecule has 0 unspecified atom stereocenters. The highest BCUT2D eigenvalue weighted by atomic mass is 19.2. The van der Waals surface area contributed by atoms with Gasteiger partial charge in [0.05, 0.1) is 7.11 Å². The number of carbonyl (C=O) groups is 1. The van der Waals surface area contributed by atoms with Crippen molar-refractivity contribution in [3.63, 3.8) is 0 Å². The van der Waals surface area contributed by atoms with Gasteiger partial charge in [-0.1, -0.05) is 12.1 Å². The molecule has 1 fully saturated rings. The molecular weight excluding hydrogens is 436 g/mol. The van der Waals surface area contributed by atoms with Gasteiger partial charge in [-0.2, -0.15) is 4.39 Å². The first-order chi connectivity index (χ1) is 16.4. The summed E-state index contributed by atoms with van der Waals surface area (Å²) in [4.78, 5) is 14.8. The Hall–Kier alpha value is -3.45. The fraction of sp³-hybridized carbons (Fsp3) is 0.296. The Kier molecular flexibility index (Phi) is 7.43. The van der Waals surface area contributed by atoms with Gasteiger partial charge in [0.15, 0.2) is 11.6 Å². The number of ether oxygens (including phenoxy) is 1. The number of anilines is 2. The quantitative estimate of drug-likeness (QED) is 0.487. The normalized spacial score (nSPS) is 14.6. The Morgan fingerprint density at radius 3 is 2.21 bits per heavy atom. The van der Waals surface area contributed by atoms with E-state index in [1.54, 1.807) is 12.1 Å². The average molecular weight is 466 g/mol. The number of carbonyl (C=O) groups excluding carboxylic acids is 1. The van der Waals surface area contributed by atoms with Crippen molar-refractivity contribution >= 4 is 17.3 Å². The molecule has 1 heterocycles. The molecule has 0 radical (unpaired) electrons. The molecule has 0 spiro atoms. The fourth-order valence-electron chi connectivity index (χ4n) is 4.10. The maximum Gasteiger partial charge on any atom is 0.251 e. The van der Waals surface area contributed by atoms with E-state index in [1.807, 2.05) is 36.4 Å². The van der Waals surface area contributed by atoms with E-state index in [0.717, 1.165) is 48.9 Å². The number of rotatable bonds is 7. The van der Waals surface area contributed by atoms with Crippen LogP contribution in [0.15, 0.2) is 60.7 Å². The fourth-order valence-corrected chi connectivity index (χ4v) is 4.10. The Bertz CT molecular complexity index is 1130. The molecule has 3 aromatic rings. The molecule has 0 atom stereocenters.